The van der Waals surface area contributed by atoms with Gasteiger partial charge < -0.3 is 19.6 Å². The van der Waals surface area contributed by atoms with Crippen LogP contribution in [0.4, 0.5) is 0 Å². The molecule has 1 unspecified atom stereocenters. The molecule has 6 heteroatoms. The van der Waals surface area contributed by atoms with Crippen LogP contribution in [-0.4, -0.2) is 24.6 Å². The van der Waals surface area contributed by atoms with Crippen molar-refractivity contribution in [1.82, 2.24) is 0 Å². The van der Waals surface area contributed by atoms with Crippen LogP contribution in [0.2, 0.25) is 0 Å². The monoisotopic (exact) mass is 291 g/mol. The lowest BCUT2D eigenvalue weighted by molar-refractivity contribution is -0.125. The molecule has 1 heterocycles. The number of ether oxygens (including phenoxy) is 2. The van der Waals surface area contributed by atoms with Crippen molar-refractivity contribution in [2.75, 3.05) is 6.61 Å². The van der Waals surface area contributed by atoms with E-state index in [1.165, 1.54) is 6.92 Å². The number of primary amides is 1. The second-order valence-electron chi connectivity index (χ2n) is 4.60. The highest BCUT2D eigenvalue weighted by Crippen LogP contribution is 2.29. The summed E-state index contributed by atoms with van der Waals surface area (Å²) in [6.07, 6.45) is -1.01. The van der Waals surface area contributed by atoms with Crippen LogP contribution >= 0.6 is 0 Å². The number of carbonyl (C=O) groups excluding carboxylic acids is 2. The van der Waals surface area contributed by atoms with Crippen LogP contribution in [0.1, 0.15) is 30.0 Å². The van der Waals surface area contributed by atoms with E-state index in [4.69, 9.17) is 19.6 Å². The first-order valence-electron chi connectivity index (χ1n) is 6.60. The van der Waals surface area contributed by atoms with E-state index in [0.29, 0.717) is 23.5 Å². The Morgan fingerprint density at radius 2 is 2.10 bits per heavy atom. The minimum Gasteiger partial charge on any atom is -0.494 e. The number of hydrogen-bond acceptors (Lipinski definition) is 5. The summed E-state index contributed by atoms with van der Waals surface area (Å²) in [5.74, 6) is -0.672. The molecule has 0 radical (unpaired) electrons. The van der Waals surface area contributed by atoms with Gasteiger partial charge in [0.1, 0.15) is 11.3 Å². The molecule has 2 rings (SSSR count). The molecule has 1 aromatic carbocycles. The van der Waals surface area contributed by atoms with Crippen molar-refractivity contribution in [3.63, 3.8) is 0 Å². The first-order valence-corrected chi connectivity index (χ1v) is 6.60. The fourth-order valence-electron chi connectivity index (χ4n) is 1.92. The Kier molecular flexibility index (Phi) is 4.16. The van der Waals surface area contributed by atoms with E-state index < -0.39 is 18.0 Å². The third-order valence-corrected chi connectivity index (χ3v) is 3.09. The molecule has 0 saturated heterocycles. The minimum absolute atomic E-state index is 0.0618. The summed E-state index contributed by atoms with van der Waals surface area (Å²) >= 11 is 0. The van der Waals surface area contributed by atoms with Gasteiger partial charge in [-0.3, -0.25) is 4.79 Å². The predicted octanol–water partition coefficient (Wildman–Crippen LogP) is 2.17. The molecule has 112 valence electrons. The summed E-state index contributed by atoms with van der Waals surface area (Å²) in [7, 11) is 0. The van der Waals surface area contributed by atoms with Crippen LogP contribution < -0.4 is 10.5 Å². The van der Waals surface area contributed by atoms with Crippen LogP contribution in [-0.2, 0) is 9.53 Å². The molecule has 0 aliphatic heterocycles. The maximum Gasteiger partial charge on any atom is 0.375 e. The van der Waals surface area contributed by atoms with Crippen molar-refractivity contribution in [1.29, 1.82) is 0 Å². The number of carbonyl (C=O) groups is 2. The van der Waals surface area contributed by atoms with Gasteiger partial charge in [0.2, 0.25) is 5.76 Å². The molecule has 6 nitrogen and oxygen atoms in total. The van der Waals surface area contributed by atoms with Crippen molar-refractivity contribution in [3.8, 4) is 5.75 Å². The third-order valence-electron chi connectivity index (χ3n) is 3.09. The summed E-state index contributed by atoms with van der Waals surface area (Å²) in [4.78, 5) is 22.9. The van der Waals surface area contributed by atoms with Crippen molar-refractivity contribution in [2.45, 2.75) is 26.9 Å². The lowest BCUT2D eigenvalue weighted by Crippen LogP contribution is -2.30. The quantitative estimate of drug-likeness (QED) is 0.852. The van der Waals surface area contributed by atoms with E-state index in [0.717, 1.165) is 5.39 Å². The zero-order valence-corrected chi connectivity index (χ0v) is 12.1. The topological polar surface area (TPSA) is 91.8 Å². The van der Waals surface area contributed by atoms with Gasteiger partial charge in [0.25, 0.3) is 5.91 Å². The van der Waals surface area contributed by atoms with Gasteiger partial charge in [-0.25, -0.2) is 4.79 Å². The Morgan fingerprint density at radius 3 is 2.71 bits per heavy atom. The van der Waals surface area contributed by atoms with Gasteiger partial charge in [0.15, 0.2) is 6.10 Å². The molecule has 1 aromatic heterocycles. The van der Waals surface area contributed by atoms with E-state index in [1.54, 1.807) is 25.1 Å². The number of fused-ring (bicyclic) bond motifs is 1. The largest absolute Gasteiger partial charge is 0.494 e. The first-order chi connectivity index (χ1) is 9.93. The normalized spacial score (nSPS) is 12.1. The van der Waals surface area contributed by atoms with Crippen LogP contribution in [0.25, 0.3) is 11.0 Å². The van der Waals surface area contributed by atoms with Crippen LogP contribution in [0, 0.1) is 6.92 Å². The van der Waals surface area contributed by atoms with Gasteiger partial charge in [-0.15, -0.1) is 0 Å². The SMILES string of the molecule is CCOc1ccc2oc(C(=O)OC(C)C(N)=O)c(C)c2c1. The molecule has 0 bridgehead atoms. The summed E-state index contributed by atoms with van der Waals surface area (Å²) in [5, 5.41) is 0.764. The van der Waals surface area contributed by atoms with Crippen molar-refractivity contribution in [3.05, 3.63) is 29.5 Å². The molecule has 2 N–H and O–H groups in total. The highest BCUT2D eigenvalue weighted by Gasteiger charge is 2.23. The fraction of sp³-hybridized carbons (Fsp3) is 0.333. The molecule has 21 heavy (non-hydrogen) atoms. The minimum atomic E-state index is -1.01. The number of benzene rings is 1. The second kappa shape index (κ2) is 5.87. The van der Waals surface area contributed by atoms with E-state index in [1.807, 2.05) is 6.92 Å². The zero-order chi connectivity index (χ0) is 15.6. The molecule has 1 atom stereocenters. The Labute approximate surface area is 121 Å². The lowest BCUT2D eigenvalue weighted by atomic mass is 10.1. The number of aryl methyl sites for hydroxylation is 1. The van der Waals surface area contributed by atoms with Gasteiger partial charge in [-0.05, 0) is 39.0 Å². The maximum atomic E-state index is 12.0. The molecule has 0 aliphatic rings. The summed E-state index contributed by atoms with van der Waals surface area (Å²) < 4.78 is 15.9. The number of esters is 1. The van der Waals surface area contributed by atoms with E-state index in [2.05, 4.69) is 0 Å². The smallest absolute Gasteiger partial charge is 0.375 e. The Hall–Kier alpha value is -2.50. The molecule has 0 fully saturated rings. The molecule has 0 spiro atoms. The molecule has 2 aromatic rings. The Morgan fingerprint density at radius 1 is 1.38 bits per heavy atom. The van der Waals surface area contributed by atoms with Gasteiger partial charge >= 0.3 is 5.97 Å². The van der Waals surface area contributed by atoms with E-state index in [9.17, 15) is 9.59 Å². The van der Waals surface area contributed by atoms with Gasteiger partial charge in [-0.2, -0.15) is 0 Å². The average Bonchev–Trinajstić information content (AvgIpc) is 2.76. The Bertz CT molecular complexity index is 689. The molecular weight excluding hydrogens is 274 g/mol. The van der Waals surface area contributed by atoms with Crippen LogP contribution in [0.5, 0.6) is 5.75 Å². The van der Waals surface area contributed by atoms with Crippen molar-refractivity contribution < 1.29 is 23.5 Å². The third kappa shape index (κ3) is 2.99. The van der Waals surface area contributed by atoms with E-state index in [-0.39, 0.29) is 5.76 Å². The van der Waals surface area contributed by atoms with Gasteiger partial charge in [0.05, 0.1) is 6.61 Å². The summed E-state index contributed by atoms with van der Waals surface area (Å²) in [6, 6.07) is 5.28. The second-order valence-corrected chi connectivity index (χ2v) is 4.60. The highest BCUT2D eigenvalue weighted by atomic mass is 16.6. The Balaban J connectivity index is 2.34. The molecular formula is C15H17NO5. The fourth-order valence-corrected chi connectivity index (χ4v) is 1.92. The highest BCUT2D eigenvalue weighted by molar-refractivity contribution is 5.97. The van der Waals surface area contributed by atoms with Crippen LogP contribution in [0.15, 0.2) is 22.6 Å². The van der Waals surface area contributed by atoms with Crippen molar-refractivity contribution >= 4 is 22.8 Å². The number of furan rings is 1. The van der Waals surface area contributed by atoms with Gasteiger partial charge in [-0.1, -0.05) is 0 Å². The number of nitrogens with two attached hydrogens (primary N) is 1. The lowest BCUT2D eigenvalue weighted by Gasteiger charge is -2.07. The number of amides is 1. The van der Waals surface area contributed by atoms with E-state index >= 15 is 0 Å². The summed E-state index contributed by atoms with van der Waals surface area (Å²) in [5.41, 5.74) is 6.25. The first kappa shape index (κ1) is 14.9. The molecule has 0 saturated carbocycles. The number of rotatable bonds is 5. The number of hydrogen-bond donors (Lipinski definition) is 1. The maximum absolute atomic E-state index is 12.0. The zero-order valence-electron chi connectivity index (χ0n) is 12.1. The molecule has 1 amide bonds. The van der Waals surface area contributed by atoms with Gasteiger partial charge in [0, 0.05) is 10.9 Å². The van der Waals surface area contributed by atoms with Crippen LogP contribution in [0.3, 0.4) is 0 Å². The van der Waals surface area contributed by atoms with Crippen molar-refractivity contribution in [2.24, 2.45) is 5.73 Å². The standard InChI is InChI=1S/C15H17NO5/c1-4-19-10-5-6-12-11(7-10)8(2)13(21-12)15(18)20-9(3)14(16)17/h5-7,9H,4H2,1-3H3,(H2,16,17). The summed E-state index contributed by atoms with van der Waals surface area (Å²) in [6.45, 7) is 5.59. The molecule has 0 aliphatic carbocycles. The predicted molar refractivity (Wildman–Crippen MR) is 76.2 cm³/mol. The average molecular weight is 291 g/mol.